The summed E-state index contributed by atoms with van der Waals surface area (Å²) in [5.74, 6) is 0.0910. The molecule has 1 aromatic heterocycles. The maximum atomic E-state index is 11.8. The molecule has 0 saturated heterocycles. The summed E-state index contributed by atoms with van der Waals surface area (Å²) < 4.78 is 0. The zero-order valence-electron chi connectivity index (χ0n) is 9.48. The molecule has 0 aromatic carbocycles. The third kappa shape index (κ3) is 2.71. The van der Waals surface area contributed by atoms with Crippen molar-refractivity contribution in [1.29, 1.82) is 0 Å². The molecule has 6 heteroatoms. The predicted molar refractivity (Wildman–Crippen MR) is 62.5 cm³/mol. The van der Waals surface area contributed by atoms with E-state index in [0.29, 0.717) is 12.5 Å². The van der Waals surface area contributed by atoms with Crippen LogP contribution in [-0.2, 0) is 0 Å². The zero-order chi connectivity index (χ0) is 12.3. The molecule has 2 rings (SSSR count). The van der Waals surface area contributed by atoms with Gasteiger partial charge >= 0.3 is 0 Å². The number of aromatic amines is 1. The number of carbonyl (C=O) groups excluding carboxylic acids is 1. The highest BCUT2D eigenvalue weighted by molar-refractivity contribution is 5.92. The summed E-state index contributed by atoms with van der Waals surface area (Å²) in [5.41, 5.74) is 5.56. The smallest absolute Gasteiger partial charge is 0.271 e. The molecule has 2 atom stereocenters. The Kier molecular flexibility index (Phi) is 3.53. The van der Waals surface area contributed by atoms with Gasteiger partial charge in [0.05, 0.1) is 6.20 Å². The molecule has 92 valence electrons. The number of hydrogen-bond donors (Lipinski definition) is 3. The van der Waals surface area contributed by atoms with Gasteiger partial charge in [0.15, 0.2) is 0 Å². The van der Waals surface area contributed by atoms with Crippen LogP contribution >= 0.6 is 0 Å². The van der Waals surface area contributed by atoms with Crippen LogP contribution in [0.15, 0.2) is 17.2 Å². The molecule has 1 heterocycles. The Morgan fingerprint density at radius 3 is 3.06 bits per heavy atom. The lowest BCUT2D eigenvalue weighted by molar-refractivity contribution is 0.0923. The van der Waals surface area contributed by atoms with Crippen molar-refractivity contribution >= 4 is 5.91 Å². The van der Waals surface area contributed by atoms with Gasteiger partial charge in [0.25, 0.3) is 11.5 Å². The Labute approximate surface area is 98.6 Å². The summed E-state index contributed by atoms with van der Waals surface area (Å²) in [5, 5.41) is 2.91. The van der Waals surface area contributed by atoms with E-state index in [4.69, 9.17) is 5.73 Å². The van der Waals surface area contributed by atoms with Crippen LogP contribution in [-0.4, -0.2) is 28.5 Å². The molecule has 1 aliphatic carbocycles. The molecule has 0 bridgehead atoms. The van der Waals surface area contributed by atoms with E-state index < -0.39 is 0 Å². The molecule has 2 unspecified atom stereocenters. The second-order valence-corrected chi connectivity index (χ2v) is 4.30. The first kappa shape index (κ1) is 11.8. The fourth-order valence-electron chi connectivity index (χ4n) is 2.22. The highest BCUT2D eigenvalue weighted by Crippen LogP contribution is 2.24. The Balaban J connectivity index is 2.01. The zero-order valence-corrected chi connectivity index (χ0v) is 9.48. The maximum absolute atomic E-state index is 11.8. The largest absolute Gasteiger partial charge is 0.348 e. The molecule has 0 spiro atoms. The molecule has 1 saturated carbocycles. The highest BCUT2D eigenvalue weighted by atomic mass is 16.2. The van der Waals surface area contributed by atoms with Crippen molar-refractivity contribution in [1.82, 2.24) is 15.3 Å². The van der Waals surface area contributed by atoms with E-state index in [1.165, 1.54) is 6.20 Å². The van der Waals surface area contributed by atoms with Gasteiger partial charge in [-0.15, -0.1) is 0 Å². The molecule has 17 heavy (non-hydrogen) atoms. The minimum absolute atomic E-state index is 0.126. The van der Waals surface area contributed by atoms with Crippen LogP contribution in [0.5, 0.6) is 0 Å². The fourth-order valence-corrected chi connectivity index (χ4v) is 2.22. The number of rotatable bonds is 3. The summed E-state index contributed by atoms with van der Waals surface area (Å²) in [6.07, 6.45) is 5.53. The highest BCUT2D eigenvalue weighted by Gasteiger charge is 2.27. The molecule has 6 nitrogen and oxygen atoms in total. The van der Waals surface area contributed by atoms with Gasteiger partial charge in [-0.1, -0.05) is 6.42 Å². The van der Waals surface area contributed by atoms with Gasteiger partial charge in [0.1, 0.15) is 5.69 Å². The first-order valence-corrected chi connectivity index (χ1v) is 5.76. The first-order valence-electron chi connectivity index (χ1n) is 5.76. The maximum Gasteiger partial charge on any atom is 0.271 e. The third-order valence-corrected chi connectivity index (χ3v) is 3.18. The van der Waals surface area contributed by atoms with Crippen molar-refractivity contribution in [2.24, 2.45) is 11.7 Å². The molecule has 1 fully saturated rings. The van der Waals surface area contributed by atoms with Crippen LogP contribution in [0.25, 0.3) is 0 Å². The number of nitrogens with two attached hydrogens (primary N) is 1. The van der Waals surface area contributed by atoms with Gasteiger partial charge in [-0.05, 0) is 25.3 Å². The number of aromatic nitrogens is 2. The lowest BCUT2D eigenvalue weighted by Gasteiger charge is -2.18. The van der Waals surface area contributed by atoms with E-state index in [-0.39, 0.29) is 23.2 Å². The standard InChI is InChI=1S/C11H16N4O2/c12-4-7-2-1-3-8(7)15-11(17)9-5-14-10(16)6-13-9/h5-8H,1-4,12H2,(H,14,16)(H,15,17). The number of nitrogens with zero attached hydrogens (tertiary/aromatic N) is 1. The monoisotopic (exact) mass is 236 g/mol. The SMILES string of the molecule is NCC1CCCC1NC(=O)c1c[nH]c(=O)cn1. The number of amides is 1. The first-order chi connectivity index (χ1) is 8.20. The Bertz CT molecular complexity index is 437. The van der Waals surface area contributed by atoms with Crippen molar-refractivity contribution in [3.05, 3.63) is 28.4 Å². The van der Waals surface area contributed by atoms with Gasteiger partial charge in [-0.2, -0.15) is 0 Å². The molecule has 1 aromatic rings. The summed E-state index contributed by atoms with van der Waals surface area (Å²) in [7, 11) is 0. The summed E-state index contributed by atoms with van der Waals surface area (Å²) in [6.45, 7) is 0.587. The molecule has 4 N–H and O–H groups in total. The van der Waals surface area contributed by atoms with Crippen LogP contribution in [0.3, 0.4) is 0 Å². The normalized spacial score (nSPS) is 23.6. The second-order valence-electron chi connectivity index (χ2n) is 4.30. The lowest BCUT2D eigenvalue weighted by atomic mass is 10.0. The fraction of sp³-hybridized carbons (Fsp3) is 0.545. The van der Waals surface area contributed by atoms with Gasteiger partial charge in [0.2, 0.25) is 0 Å². The van der Waals surface area contributed by atoms with Gasteiger partial charge in [-0.25, -0.2) is 4.98 Å². The summed E-state index contributed by atoms with van der Waals surface area (Å²) in [6, 6.07) is 0.126. The topological polar surface area (TPSA) is 101 Å². The number of carbonyl (C=O) groups is 1. The number of nitrogens with one attached hydrogen (secondary N) is 2. The van der Waals surface area contributed by atoms with E-state index in [9.17, 15) is 9.59 Å². The Hall–Kier alpha value is -1.69. The summed E-state index contributed by atoms with van der Waals surface area (Å²) >= 11 is 0. The molecule has 1 amide bonds. The van der Waals surface area contributed by atoms with Gasteiger partial charge in [-0.3, -0.25) is 9.59 Å². The van der Waals surface area contributed by atoms with E-state index in [2.05, 4.69) is 15.3 Å². The van der Waals surface area contributed by atoms with Crippen molar-refractivity contribution in [3.8, 4) is 0 Å². The van der Waals surface area contributed by atoms with E-state index in [1.54, 1.807) is 0 Å². The molecular weight excluding hydrogens is 220 g/mol. The summed E-state index contributed by atoms with van der Waals surface area (Å²) in [4.78, 5) is 28.9. The van der Waals surface area contributed by atoms with Crippen molar-refractivity contribution < 1.29 is 4.79 Å². The van der Waals surface area contributed by atoms with E-state index >= 15 is 0 Å². The van der Waals surface area contributed by atoms with E-state index in [1.807, 2.05) is 0 Å². The van der Waals surface area contributed by atoms with Gasteiger partial charge in [0, 0.05) is 12.2 Å². The van der Waals surface area contributed by atoms with Crippen LogP contribution < -0.4 is 16.6 Å². The minimum Gasteiger partial charge on any atom is -0.348 e. The van der Waals surface area contributed by atoms with Crippen LogP contribution in [0.1, 0.15) is 29.8 Å². The van der Waals surface area contributed by atoms with Crippen molar-refractivity contribution in [2.45, 2.75) is 25.3 Å². The van der Waals surface area contributed by atoms with Crippen LogP contribution in [0.4, 0.5) is 0 Å². The Morgan fingerprint density at radius 2 is 2.41 bits per heavy atom. The third-order valence-electron chi connectivity index (χ3n) is 3.18. The number of hydrogen-bond acceptors (Lipinski definition) is 4. The molecular formula is C11H16N4O2. The molecule has 0 radical (unpaired) electrons. The van der Waals surface area contributed by atoms with Crippen molar-refractivity contribution in [2.75, 3.05) is 6.54 Å². The lowest BCUT2D eigenvalue weighted by Crippen LogP contribution is -2.40. The second kappa shape index (κ2) is 5.09. The molecule has 1 aliphatic rings. The van der Waals surface area contributed by atoms with Crippen LogP contribution in [0.2, 0.25) is 0 Å². The Morgan fingerprint density at radius 1 is 1.59 bits per heavy atom. The quantitative estimate of drug-likeness (QED) is 0.666. The van der Waals surface area contributed by atoms with Crippen LogP contribution in [0, 0.1) is 5.92 Å². The van der Waals surface area contributed by atoms with Gasteiger partial charge < -0.3 is 16.0 Å². The van der Waals surface area contributed by atoms with Crippen molar-refractivity contribution in [3.63, 3.8) is 0 Å². The average molecular weight is 236 g/mol. The minimum atomic E-state index is -0.317. The average Bonchev–Trinajstić information content (AvgIpc) is 2.77. The molecule has 0 aliphatic heterocycles. The van der Waals surface area contributed by atoms with E-state index in [0.717, 1.165) is 25.5 Å². The predicted octanol–water partition coefficient (Wildman–Crippen LogP) is -0.373. The number of H-pyrrole nitrogens is 1.